The Bertz CT molecular complexity index is 501. The topological polar surface area (TPSA) is 69.5 Å². The molecule has 0 aliphatic rings. The molecule has 0 aliphatic heterocycles. The first-order chi connectivity index (χ1) is 9.26. The Morgan fingerprint density at radius 2 is 2.26 bits per heavy atom. The van der Waals surface area contributed by atoms with Crippen LogP contribution in [0.4, 0.5) is 0 Å². The van der Waals surface area contributed by atoms with Crippen LogP contribution < -0.4 is 0 Å². The third kappa shape index (κ3) is 3.17. The number of H-pyrrole nitrogens is 1. The summed E-state index contributed by atoms with van der Waals surface area (Å²) in [5.74, 6) is -0.0865. The van der Waals surface area contributed by atoms with Gasteiger partial charge in [-0.25, -0.2) is 0 Å². The minimum absolute atomic E-state index is 0.0192. The monoisotopic (exact) mass is 264 g/mol. The molecule has 0 atom stereocenters. The summed E-state index contributed by atoms with van der Waals surface area (Å²) in [7, 11) is 0. The number of hydrogen-bond acceptors (Lipinski definition) is 3. The molecule has 0 unspecified atom stereocenters. The summed E-state index contributed by atoms with van der Waals surface area (Å²) in [6.45, 7) is 3.14. The van der Waals surface area contributed by atoms with E-state index in [0.29, 0.717) is 24.4 Å². The van der Waals surface area contributed by atoms with Crippen molar-refractivity contribution in [3.63, 3.8) is 0 Å². The second-order valence-corrected chi connectivity index (χ2v) is 4.60. The Hall–Kier alpha value is -1.75. The Balaban J connectivity index is 2.07. The Morgan fingerprint density at radius 3 is 2.95 bits per heavy atom. The number of amides is 1. The minimum Gasteiger partial charge on any atom is -0.463 e. The van der Waals surface area contributed by atoms with Gasteiger partial charge in [0.1, 0.15) is 5.69 Å². The second-order valence-electron chi connectivity index (χ2n) is 4.60. The first kappa shape index (κ1) is 13.7. The number of nitrogens with zero attached hydrogens (tertiary/aromatic N) is 1. The first-order valence-corrected chi connectivity index (χ1v) is 6.72. The molecule has 0 fully saturated rings. The number of carbonyl (C=O) groups is 1. The third-order valence-corrected chi connectivity index (χ3v) is 3.16. The highest BCUT2D eigenvalue weighted by atomic mass is 16.3. The minimum atomic E-state index is -0.0865. The van der Waals surface area contributed by atoms with Crippen LogP contribution in [0.2, 0.25) is 0 Å². The highest BCUT2D eigenvalue weighted by Gasteiger charge is 2.17. The van der Waals surface area contributed by atoms with Crippen LogP contribution in [-0.4, -0.2) is 40.6 Å². The predicted molar refractivity (Wildman–Crippen MR) is 73.1 cm³/mol. The van der Waals surface area contributed by atoms with Crippen molar-refractivity contribution in [2.45, 2.75) is 26.2 Å². The molecule has 0 spiro atoms. The number of fused-ring (bicyclic) bond motifs is 1. The van der Waals surface area contributed by atoms with E-state index >= 15 is 0 Å². The number of hydrogen-bond donors (Lipinski definition) is 2. The van der Waals surface area contributed by atoms with Gasteiger partial charge in [0.15, 0.2) is 5.58 Å². The Kier molecular flexibility index (Phi) is 4.63. The zero-order chi connectivity index (χ0) is 13.7. The van der Waals surface area contributed by atoms with Crippen LogP contribution in [0.1, 0.15) is 36.7 Å². The number of aliphatic hydroxyl groups excluding tert-OH is 1. The van der Waals surface area contributed by atoms with Crippen molar-refractivity contribution in [3.8, 4) is 0 Å². The second kappa shape index (κ2) is 6.43. The zero-order valence-electron chi connectivity index (χ0n) is 11.2. The number of rotatable bonds is 7. The summed E-state index contributed by atoms with van der Waals surface area (Å²) < 4.78 is 5.24. The maximum atomic E-state index is 12.3. The lowest BCUT2D eigenvalue weighted by atomic mass is 10.2. The van der Waals surface area contributed by atoms with Crippen molar-refractivity contribution >= 4 is 17.0 Å². The average Bonchev–Trinajstić information content (AvgIpc) is 2.98. The summed E-state index contributed by atoms with van der Waals surface area (Å²) in [5.41, 5.74) is 2.01. The number of furan rings is 1. The molecule has 2 rings (SSSR count). The molecule has 0 bridgehead atoms. The van der Waals surface area contributed by atoms with E-state index < -0.39 is 0 Å². The van der Waals surface area contributed by atoms with Gasteiger partial charge in [0.05, 0.1) is 18.4 Å². The van der Waals surface area contributed by atoms with Gasteiger partial charge in [-0.3, -0.25) is 4.79 Å². The van der Waals surface area contributed by atoms with E-state index in [0.717, 1.165) is 24.8 Å². The number of aromatic amines is 1. The normalized spacial score (nSPS) is 11.1. The quantitative estimate of drug-likeness (QED) is 0.754. The molecule has 104 valence electrons. The van der Waals surface area contributed by atoms with Crippen LogP contribution in [0.15, 0.2) is 22.8 Å². The highest BCUT2D eigenvalue weighted by Crippen LogP contribution is 2.17. The lowest BCUT2D eigenvalue weighted by molar-refractivity contribution is 0.0713. The molecular formula is C14H20N2O3. The molecule has 1 amide bonds. The molecule has 5 heteroatoms. The highest BCUT2D eigenvalue weighted by molar-refractivity contribution is 5.96. The Morgan fingerprint density at radius 1 is 1.42 bits per heavy atom. The van der Waals surface area contributed by atoms with Crippen LogP contribution in [0.5, 0.6) is 0 Å². The standard InChI is InChI=1S/C14H20N2O3/c1-2-3-4-6-16(7-8-17)14(18)12-10-13-11(15-12)5-9-19-13/h5,9-10,15,17H,2-4,6-8H2,1H3. The number of aromatic nitrogens is 1. The smallest absolute Gasteiger partial charge is 0.270 e. The molecule has 2 N–H and O–H groups in total. The maximum Gasteiger partial charge on any atom is 0.270 e. The van der Waals surface area contributed by atoms with E-state index in [1.807, 2.05) is 0 Å². The summed E-state index contributed by atoms with van der Waals surface area (Å²) in [6, 6.07) is 3.50. The van der Waals surface area contributed by atoms with Crippen LogP contribution in [0, 0.1) is 0 Å². The molecule has 5 nitrogen and oxygen atoms in total. The van der Waals surface area contributed by atoms with Gasteiger partial charge in [-0.05, 0) is 6.42 Å². The average molecular weight is 264 g/mol. The lowest BCUT2D eigenvalue weighted by Crippen LogP contribution is -2.34. The van der Waals surface area contributed by atoms with Gasteiger partial charge in [-0.15, -0.1) is 0 Å². The van der Waals surface area contributed by atoms with Crippen LogP contribution in [0.3, 0.4) is 0 Å². The van der Waals surface area contributed by atoms with Crippen LogP contribution in [-0.2, 0) is 0 Å². The zero-order valence-corrected chi connectivity index (χ0v) is 11.2. The number of nitrogens with one attached hydrogen (secondary N) is 1. The fraction of sp³-hybridized carbons (Fsp3) is 0.500. The van der Waals surface area contributed by atoms with E-state index in [1.165, 1.54) is 0 Å². The fourth-order valence-corrected chi connectivity index (χ4v) is 2.12. The predicted octanol–water partition coefficient (Wildman–Crippen LogP) is 2.39. The lowest BCUT2D eigenvalue weighted by Gasteiger charge is -2.20. The fourth-order valence-electron chi connectivity index (χ4n) is 2.12. The third-order valence-electron chi connectivity index (χ3n) is 3.16. The molecule has 0 saturated carbocycles. The molecule has 0 aliphatic carbocycles. The van der Waals surface area contributed by atoms with E-state index in [1.54, 1.807) is 23.3 Å². The summed E-state index contributed by atoms with van der Waals surface area (Å²) in [6.07, 6.45) is 4.74. The van der Waals surface area contributed by atoms with Crippen molar-refractivity contribution in [2.24, 2.45) is 0 Å². The van der Waals surface area contributed by atoms with E-state index in [9.17, 15) is 4.79 Å². The van der Waals surface area contributed by atoms with Crippen molar-refractivity contribution in [3.05, 3.63) is 24.1 Å². The molecule has 2 aromatic rings. The van der Waals surface area contributed by atoms with Crippen molar-refractivity contribution in [1.82, 2.24) is 9.88 Å². The molecule has 0 aromatic carbocycles. The molecule has 0 saturated heterocycles. The van der Waals surface area contributed by atoms with Gasteiger partial charge < -0.3 is 19.4 Å². The van der Waals surface area contributed by atoms with Crippen molar-refractivity contribution in [2.75, 3.05) is 19.7 Å². The summed E-state index contributed by atoms with van der Waals surface area (Å²) >= 11 is 0. The van der Waals surface area contributed by atoms with Gasteiger partial charge in [0, 0.05) is 25.2 Å². The van der Waals surface area contributed by atoms with Gasteiger partial charge in [-0.2, -0.15) is 0 Å². The van der Waals surface area contributed by atoms with Gasteiger partial charge in [-0.1, -0.05) is 19.8 Å². The number of unbranched alkanes of at least 4 members (excludes halogenated alkanes) is 2. The van der Waals surface area contributed by atoms with Crippen LogP contribution in [0.25, 0.3) is 11.1 Å². The molecule has 19 heavy (non-hydrogen) atoms. The van der Waals surface area contributed by atoms with Gasteiger partial charge >= 0.3 is 0 Å². The summed E-state index contributed by atoms with van der Waals surface area (Å²) in [5, 5.41) is 9.07. The molecule has 2 heterocycles. The van der Waals surface area contributed by atoms with Gasteiger partial charge in [0.25, 0.3) is 5.91 Å². The van der Waals surface area contributed by atoms with E-state index in [4.69, 9.17) is 9.52 Å². The molecule has 2 aromatic heterocycles. The molecular weight excluding hydrogens is 244 g/mol. The Labute approximate surface area is 112 Å². The number of carbonyl (C=O) groups excluding carboxylic acids is 1. The maximum absolute atomic E-state index is 12.3. The first-order valence-electron chi connectivity index (χ1n) is 6.72. The van der Waals surface area contributed by atoms with E-state index in [-0.39, 0.29) is 12.5 Å². The number of aliphatic hydroxyl groups is 1. The molecule has 0 radical (unpaired) electrons. The SMILES string of the molecule is CCCCCN(CCO)C(=O)c1cc2occc2[nH]1. The van der Waals surface area contributed by atoms with Crippen LogP contribution >= 0.6 is 0 Å². The van der Waals surface area contributed by atoms with Crippen molar-refractivity contribution in [1.29, 1.82) is 0 Å². The summed E-state index contributed by atoms with van der Waals surface area (Å²) in [4.78, 5) is 17.1. The largest absolute Gasteiger partial charge is 0.463 e. The van der Waals surface area contributed by atoms with Gasteiger partial charge in [0.2, 0.25) is 0 Å². The van der Waals surface area contributed by atoms with E-state index in [2.05, 4.69) is 11.9 Å². The van der Waals surface area contributed by atoms with Crippen molar-refractivity contribution < 1.29 is 14.3 Å².